The van der Waals surface area contributed by atoms with Crippen LogP contribution in [0.1, 0.15) is 76.2 Å². The summed E-state index contributed by atoms with van der Waals surface area (Å²) in [5.74, 6) is -3.36. The van der Waals surface area contributed by atoms with Crippen molar-refractivity contribution in [1.29, 1.82) is 0 Å². The maximum Gasteiger partial charge on any atom is 0.309 e. The fourth-order valence-corrected chi connectivity index (χ4v) is 12.4. The van der Waals surface area contributed by atoms with Gasteiger partial charge in [-0.1, -0.05) is 87.5 Å². The molecule has 56 heavy (non-hydrogen) atoms. The van der Waals surface area contributed by atoms with E-state index in [0.717, 1.165) is 5.57 Å². The van der Waals surface area contributed by atoms with Gasteiger partial charge in [0.15, 0.2) is 25.0 Å². The summed E-state index contributed by atoms with van der Waals surface area (Å²) < 4.78 is 46.8. The lowest BCUT2D eigenvalue weighted by atomic mass is 9.56. The van der Waals surface area contributed by atoms with Crippen LogP contribution in [0.25, 0.3) is 0 Å². The second kappa shape index (κ2) is 17.7. The summed E-state index contributed by atoms with van der Waals surface area (Å²) in [5.41, 5.74) is -0.240. The topological polar surface area (TPSA) is 122 Å². The van der Waals surface area contributed by atoms with E-state index in [1.165, 1.54) is 0 Å². The number of carboxylic acids is 1. The minimum atomic E-state index is -2.45. The van der Waals surface area contributed by atoms with Crippen molar-refractivity contribution in [2.45, 2.75) is 167 Å². The number of hydrogen-bond acceptors (Lipinski definition) is 9. The molecule has 0 radical (unpaired) electrons. The highest BCUT2D eigenvalue weighted by atomic mass is 28.4. The van der Waals surface area contributed by atoms with Crippen LogP contribution >= 0.6 is 0 Å². The van der Waals surface area contributed by atoms with E-state index in [2.05, 4.69) is 127 Å². The average molecular weight is 843 g/mol. The maximum atomic E-state index is 13.3. The minimum Gasteiger partial charge on any atom is -0.481 e. The van der Waals surface area contributed by atoms with Gasteiger partial charge in [0, 0.05) is 50.9 Å². The lowest BCUT2D eigenvalue weighted by Gasteiger charge is -2.54. The number of hydrogen-bond donors (Lipinski definition) is 2. The Morgan fingerprint density at radius 2 is 1.30 bits per heavy atom. The Morgan fingerprint density at radius 1 is 0.804 bits per heavy atom. The highest BCUT2D eigenvalue weighted by molar-refractivity contribution is 6.75. The number of rotatable bonds is 18. The number of methoxy groups -OCH3 is 3. The van der Waals surface area contributed by atoms with Gasteiger partial charge in [0.05, 0.1) is 56.3 Å². The molecule has 1 saturated heterocycles. The predicted octanol–water partition coefficient (Wildman–Crippen LogP) is 8.93. The number of carboxylic acid groups (broad SMARTS) is 1. The van der Waals surface area contributed by atoms with Gasteiger partial charge in [0.25, 0.3) is 0 Å². The zero-order valence-electron chi connectivity index (χ0n) is 38.9. The molecule has 0 aromatic heterocycles. The van der Waals surface area contributed by atoms with Crippen LogP contribution in [-0.4, -0.2) is 118 Å². The van der Waals surface area contributed by atoms with Crippen molar-refractivity contribution in [2.24, 2.45) is 35.5 Å². The molecule has 3 aliphatic rings. The van der Waals surface area contributed by atoms with E-state index in [1.807, 2.05) is 6.92 Å². The van der Waals surface area contributed by atoms with E-state index in [0.29, 0.717) is 6.61 Å². The van der Waals surface area contributed by atoms with Gasteiger partial charge in [-0.05, 0) is 66.9 Å². The summed E-state index contributed by atoms with van der Waals surface area (Å²) in [6.45, 7) is 38.2. The normalized spacial score (nSPS) is 31.3. The highest BCUT2D eigenvalue weighted by Gasteiger charge is 2.71. The third-order valence-electron chi connectivity index (χ3n) is 14.7. The first kappa shape index (κ1) is 49.6. The molecule has 1 aliphatic heterocycles. The Hall–Kier alpha value is -0.719. The number of aliphatic hydroxyl groups excluding tert-OH is 1. The summed E-state index contributed by atoms with van der Waals surface area (Å²) in [4.78, 5) is 13.3. The standard InChI is InChI=1S/C43H82O10Si3/c1-27(35(44)33(26-49-14)51-54(15,16)40(3,4)5)23-28(2)43-32(30(24-47-12)39(45)46)22-21-29-34(43)36(52-55(17,18)41(6,7)8)31(25-48-13)38(37(29)50-43)53-56(19,20)42(9,10)11/h21-23,27,29-38,44H,24-26H2,1-20H3,(H,45,46)/b28-23+/t27-,29-,30-,31-,32-,33+,34+,35+,36-,37-,38-,43+/m1/s1. The van der Waals surface area contributed by atoms with E-state index < -0.39 is 60.6 Å². The second-order valence-electron chi connectivity index (χ2n) is 21.7. The van der Waals surface area contributed by atoms with Gasteiger partial charge in [-0.3, -0.25) is 4.79 Å². The zero-order valence-corrected chi connectivity index (χ0v) is 41.9. The third-order valence-corrected chi connectivity index (χ3v) is 28.2. The van der Waals surface area contributed by atoms with E-state index in [-0.39, 0.29) is 70.3 Å². The molecular formula is C43H82O10Si3. The van der Waals surface area contributed by atoms with Gasteiger partial charge in [-0.2, -0.15) is 0 Å². The molecule has 10 nitrogen and oxygen atoms in total. The molecule has 12 atom stereocenters. The molecule has 0 amide bonds. The van der Waals surface area contributed by atoms with Gasteiger partial charge >= 0.3 is 5.97 Å². The van der Waals surface area contributed by atoms with E-state index in [1.54, 1.807) is 21.3 Å². The van der Waals surface area contributed by atoms with E-state index >= 15 is 0 Å². The Balaban J connectivity index is 2.37. The largest absolute Gasteiger partial charge is 0.481 e. The van der Waals surface area contributed by atoms with Crippen LogP contribution in [0.3, 0.4) is 0 Å². The number of carbonyl (C=O) groups is 1. The van der Waals surface area contributed by atoms with Crippen molar-refractivity contribution >= 4 is 30.9 Å². The van der Waals surface area contributed by atoms with Crippen molar-refractivity contribution in [3.05, 3.63) is 23.8 Å². The molecule has 2 fully saturated rings. The first-order chi connectivity index (χ1) is 25.4. The molecule has 1 saturated carbocycles. The van der Waals surface area contributed by atoms with Crippen LogP contribution in [-0.2, 0) is 37.0 Å². The van der Waals surface area contributed by atoms with Crippen molar-refractivity contribution in [3.63, 3.8) is 0 Å². The second-order valence-corrected chi connectivity index (χ2v) is 35.9. The van der Waals surface area contributed by atoms with Crippen molar-refractivity contribution in [3.8, 4) is 0 Å². The summed E-state index contributed by atoms with van der Waals surface area (Å²) in [6, 6.07) is 0. The molecule has 13 heteroatoms. The molecule has 1 heterocycles. The van der Waals surface area contributed by atoms with Crippen LogP contribution < -0.4 is 0 Å². The highest BCUT2D eigenvalue weighted by Crippen LogP contribution is 2.63. The molecule has 0 spiro atoms. The Kier molecular flexibility index (Phi) is 15.7. The molecule has 0 aromatic rings. The summed E-state index contributed by atoms with van der Waals surface area (Å²) in [6.07, 6.45) is 3.79. The quantitative estimate of drug-likeness (QED) is 0.102. The fourth-order valence-electron chi connectivity index (χ4n) is 8.41. The lowest BCUT2D eigenvalue weighted by molar-refractivity contribution is -0.153. The van der Waals surface area contributed by atoms with Crippen LogP contribution in [0.4, 0.5) is 0 Å². The fraction of sp³-hybridized carbons (Fsp3) is 0.884. The molecule has 2 aliphatic carbocycles. The molecule has 326 valence electrons. The third kappa shape index (κ3) is 9.74. The summed E-state index contributed by atoms with van der Waals surface area (Å²) in [5, 5.41) is 22.7. The van der Waals surface area contributed by atoms with Gasteiger partial charge < -0.3 is 42.4 Å². The van der Waals surface area contributed by atoms with Gasteiger partial charge in [-0.15, -0.1) is 0 Å². The van der Waals surface area contributed by atoms with Gasteiger partial charge in [0.1, 0.15) is 5.60 Å². The number of aliphatic carboxylic acids is 1. The lowest BCUT2D eigenvalue weighted by Crippen LogP contribution is -2.63. The van der Waals surface area contributed by atoms with Crippen LogP contribution in [0.5, 0.6) is 0 Å². The zero-order chi connectivity index (χ0) is 43.2. The van der Waals surface area contributed by atoms with Gasteiger partial charge in [0.2, 0.25) is 0 Å². The molecule has 3 rings (SSSR count). The molecular weight excluding hydrogens is 761 g/mol. The smallest absolute Gasteiger partial charge is 0.309 e. The Labute approximate surface area is 344 Å². The first-order valence-corrected chi connectivity index (χ1v) is 29.6. The SMILES string of the molecule is COC[C@H]1[C@@H](O[Si](C)(C)C(C)(C)C)[C@@H]2O[C@]3(/C(C)=C/[C@@H](C)[C@H](O)[C@H](COC)O[Si](C)(C)C(C)(C)C)[C@@H]([C@H]2C=C[C@@H]3[C@@H](COC)C(=O)O)[C@@H]1O[Si](C)(C)C(C)(C)C. The van der Waals surface area contributed by atoms with Crippen LogP contribution in [0.15, 0.2) is 23.8 Å². The number of aliphatic hydroxyl groups is 1. The summed E-state index contributed by atoms with van der Waals surface area (Å²) in [7, 11) is -2.19. The average Bonchev–Trinajstić information content (AvgIpc) is 3.21. The monoisotopic (exact) mass is 843 g/mol. The molecule has 0 aromatic carbocycles. The first-order valence-electron chi connectivity index (χ1n) is 20.8. The molecule has 2 N–H and O–H groups in total. The maximum absolute atomic E-state index is 13.3. The Morgan fingerprint density at radius 3 is 1.75 bits per heavy atom. The van der Waals surface area contributed by atoms with Gasteiger partial charge in [-0.25, -0.2) is 0 Å². The Bertz CT molecular complexity index is 1390. The minimum absolute atomic E-state index is 0.0123. The predicted molar refractivity (Wildman–Crippen MR) is 233 cm³/mol. The van der Waals surface area contributed by atoms with Crippen LogP contribution in [0, 0.1) is 35.5 Å². The van der Waals surface area contributed by atoms with Crippen molar-refractivity contribution in [2.75, 3.05) is 41.2 Å². The van der Waals surface area contributed by atoms with Crippen molar-refractivity contribution < 1.29 is 47.2 Å². The number of ether oxygens (including phenoxy) is 4. The summed E-state index contributed by atoms with van der Waals surface area (Å²) >= 11 is 0. The molecule has 0 unspecified atom stereocenters. The van der Waals surface area contributed by atoms with Crippen LogP contribution in [0.2, 0.25) is 54.4 Å². The van der Waals surface area contributed by atoms with E-state index in [4.69, 9.17) is 32.2 Å². The molecule has 4 bridgehead atoms. The van der Waals surface area contributed by atoms with Crippen molar-refractivity contribution in [1.82, 2.24) is 0 Å². The van der Waals surface area contributed by atoms with E-state index in [9.17, 15) is 15.0 Å².